The van der Waals surface area contributed by atoms with E-state index >= 15 is 0 Å². The summed E-state index contributed by atoms with van der Waals surface area (Å²) in [5.74, 6) is -0.511. The van der Waals surface area contributed by atoms with E-state index in [9.17, 15) is 9.18 Å². The highest BCUT2D eigenvalue weighted by Crippen LogP contribution is 2.06. The van der Waals surface area contributed by atoms with E-state index in [4.69, 9.17) is 0 Å². The summed E-state index contributed by atoms with van der Waals surface area (Å²) in [7, 11) is 0. The minimum atomic E-state index is -0.485. The first kappa shape index (κ1) is 12.2. The van der Waals surface area contributed by atoms with E-state index in [1.807, 2.05) is 6.92 Å². The van der Waals surface area contributed by atoms with E-state index in [-0.39, 0.29) is 11.5 Å². The SMILES string of the molecule is CC(CBr)CNC(=O)c1ccccc1F. The summed E-state index contributed by atoms with van der Waals surface area (Å²) < 4.78 is 13.2. The van der Waals surface area contributed by atoms with Crippen LogP contribution in [-0.2, 0) is 0 Å². The zero-order valence-electron chi connectivity index (χ0n) is 8.47. The van der Waals surface area contributed by atoms with Crippen molar-refractivity contribution >= 4 is 21.8 Å². The predicted octanol–water partition coefficient (Wildman–Crippen LogP) is 2.59. The van der Waals surface area contributed by atoms with Gasteiger partial charge in [-0.15, -0.1) is 0 Å². The molecule has 0 fully saturated rings. The fourth-order valence-corrected chi connectivity index (χ4v) is 1.29. The first-order valence-corrected chi connectivity index (χ1v) is 5.86. The largest absolute Gasteiger partial charge is 0.352 e. The molecule has 1 aromatic rings. The van der Waals surface area contributed by atoms with Crippen LogP contribution in [0.1, 0.15) is 17.3 Å². The second kappa shape index (κ2) is 5.85. The molecule has 1 aromatic carbocycles. The molecule has 0 saturated carbocycles. The Hall–Kier alpha value is -0.900. The minimum absolute atomic E-state index is 0.0965. The summed E-state index contributed by atoms with van der Waals surface area (Å²) in [6, 6.07) is 5.96. The molecule has 82 valence electrons. The summed E-state index contributed by atoms with van der Waals surface area (Å²) >= 11 is 3.31. The number of rotatable bonds is 4. The van der Waals surface area contributed by atoms with Crippen LogP contribution in [0.15, 0.2) is 24.3 Å². The molecule has 0 aliphatic carbocycles. The minimum Gasteiger partial charge on any atom is -0.352 e. The molecule has 0 aromatic heterocycles. The molecule has 0 bridgehead atoms. The van der Waals surface area contributed by atoms with Gasteiger partial charge in [-0.25, -0.2) is 4.39 Å². The Labute approximate surface area is 97.0 Å². The Balaban J connectivity index is 2.58. The van der Waals surface area contributed by atoms with Gasteiger partial charge >= 0.3 is 0 Å². The molecular formula is C11H13BrFNO. The molecule has 0 heterocycles. The number of carbonyl (C=O) groups excluding carboxylic acids is 1. The first-order chi connectivity index (χ1) is 7.15. The molecule has 0 radical (unpaired) electrons. The molecule has 0 saturated heterocycles. The van der Waals surface area contributed by atoms with Gasteiger partial charge in [0.05, 0.1) is 5.56 Å². The van der Waals surface area contributed by atoms with Crippen molar-refractivity contribution in [3.8, 4) is 0 Å². The van der Waals surface area contributed by atoms with Crippen LogP contribution in [0.25, 0.3) is 0 Å². The van der Waals surface area contributed by atoms with Crippen molar-refractivity contribution in [1.29, 1.82) is 0 Å². The fraction of sp³-hybridized carbons (Fsp3) is 0.364. The summed E-state index contributed by atoms with van der Waals surface area (Å²) in [6.07, 6.45) is 0. The third-order valence-electron chi connectivity index (χ3n) is 1.99. The van der Waals surface area contributed by atoms with Gasteiger partial charge in [0, 0.05) is 11.9 Å². The molecule has 2 nitrogen and oxygen atoms in total. The van der Waals surface area contributed by atoms with Gasteiger partial charge in [-0.1, -0.05) is 35.0 Å². The van der Waals surface area contributed by atoms with Crippen LogP contribution in [0.5, 0.6) is 0 Å². The molecule has 1 rings (SSSR count). The Kier molecular flexibility index (Phi) is 4.75. The maximum absolute atomic E-state index is 13.2. The Morgan fingerprint density at radius 1 is 1.53 bits per heavy atom. The summed E-state index contributed by atoms with van der Waals surface area (Å²) in [4.78, 5) is 11.5. The van der Waals surface area contributed by atoms with E-state index in [0.717, 1.165) is 5.33 Å². The van der Waals surface area contributed by atoms with Crippen molar-refractivity contribution in [2.75, 3.05) is 11.9 Å². The van der Waals surface area contributed by atoms with Crippen LogP contribution < -0.4 is 5.32 Å². The van der Waals surface area contributed by atoms with Crippen molar-refractivity contribution < 1.29 is 9.18 Å². The lowest BCUT2D eigenvalue weighted by molar-refractivity contribution is 0.0945. The van der Waals surface area contributed by atoms with Gasteiger partial charge in [-0.3, -0.25) is 4.79 Å². The van der Waals surface area contributed by atoms with Gasteiger partial charge in [-0.05, 0) is 18.1 Å². The standard InChI is InChI=1S/C11H13BrFNO/c1-8(6-12)7-14-11(15)9-4-2-3-5-10(9)13/h2-5,8H,6-7H2,1H3,(H,14,15). The number of hydrogen-bond acceptors (Lipinski definition) is 1. The summed E-state index contributed by atoms with van der Waals surface area (Å²) in [5.41, 5.74) is 0.0965. The number of nitrogens with one attached hydrogen (secondary N) is 1. The van der Waals surface area contributed by atoms with E-state index in [2.05, 4.69) is 21.2 Å². The second-order valence-electron chi connectivity index (χ2n) is 3.45. The normalized spacial score (nSPS) is 12.2. The fourth-order valence-electron chi connectivity index (χ4n) is 1.06. The Bertz CT molecular complexity index is 343. The van der Waals surface area contributed by atoms with Crippen molar-refractivity contribution in [3.05, 3.63) is 35.6 Å². The second-order valence-corrected chi connectivity index (χ2v) is 4.10. The molecular weight excluding hydrogens is 261 g/mol. The van der Waals surface area contributed by atoms with Crippen molar-refractivity contribution in [3.63, 3.8) is 0 Å². The van der Waals surface area contributed by atoms with Gasteiger partial charge in [0.15, 0.2) is 0 Å². The molecule has 0 aliphatic rings. The summed E-state index contributed by atoms with van der Waals surface area (Å²) in [5, 5.41) is 3.49. The van der Waals surface area contributed by atoms with Crippen LogP contribution in [-0.4, -0.2) is 17.8 Å². The Morgan fingerprint density at radius 3 is 2.80 bits per heavy atom. The molecule has 1 atom stereocenters. The van der Waals surface area contributed by atoms with Crippen LogP contribution in [0.4, 0.5) is 4.39 Å². The average molecular weight is 274 g/mol. The van der Waals surface area contributed by atoms with Gasteiger partial charge < -0.3 is 5.32 Å². The number of halogens is 2. The van der Waals surface area contributed by atoms with Crippen LogP contribution in [0.2, 0.25) is 0 Å². The number of amides is 1. The topological polar surface area (TPSA) is 29.1 Å². The number of benzene rings is 1. The van der Waals surface area contributed by atoms with Crippen molar-refractivity contribution in [2.24, 2.45) is 5.92 Å². The number of hydrogen-bond donors (Lipinski definition) is 1. The maximum atomic E-state index is 13.2. The molecule has 15 heavy (non-hydrogen) atoms. The molecule has 1 N–H and O–H groups in total. The van der Waals surface area contributed by atoms with Crippen molar-refractivity contribution in [2.45, 2.75) is 6.92 Å². The van der Waals surface area contributed by atoms with Crippen LogP contribution in [0.3, 0.4) is 0 Å². The van der Waals surface area contributed by atoms with Crippen LogP contribution in [0, 0.1) is 11.7 Å². The van der Waals surface area contributed by atoms with E-state index in [0.29, 0.717) is 12.5 Å². The average Bonchev–Trinajstić information content (AvgIpc) is 2.26. The van der Waals surface area contributed by atoms with Gasteiger partial charge in [0.1, 0.15) is 5.82 Å². The zero-order chi connectivity index (χ0) is 11.3. The van der Waals surface area contributed by atoms with E-state index < -0.39 is 5.82 Å². The highest BCUT2D eigenvalue weighted by atomic mass is 79.9. The predicted molar refractivity (Wildman–Crippen MR) is 61.7 cm³/mol. The monoisotopic (exact) mass is 273 g/mol. The third-order valence-corrected chi connectivity index (χ3v) is 3.10. The van der Waals surface area contributed by atoms with Crippen LogP contribution >= 0.6 is 15.9 Å². The highest BCUT2D eigenvalue weighted by Gasteiger charge is 2.10. The van der Waals surface area contributed by atoms with Gasteiger partial charge in [-0.2, -0.15) is 0 Å². The molecule has 0 spiro atoms. The number of carbonyl (C=O) groups is 1. The Morgan fingerprint density at radius 2 is 2.20 bits per heavy atom. The van der Waals surface area contributed by atoms with E-state index in [1.54, 1.807) is 12.1 Å². The molecule has 0 aliphatic heterocycles. The lowest BCUT2D eigenvalue weighted by Gasteiger charge is -2.09. The number of alkyl halides is 1. The zero-order valence-corrected chi connectivity index (χ0v) is 10.1. The lowest BCUT2D eigenvalue weighted by Crippen LogP contribution is -2.29. The highest BCUT2D eigenvalue weighted by molar-refractivity contribution is 9.09. The van der Waals surface area contributed by atoms with Gasteiger partial charge in [0.2, 0.25) is 0 Å². The van der Waals surface area contributed by atoms with E-state index in [1.165, 1.54) is 12.1 Å². The van der Waals surface area contributed by atoms with Gasteiger partial charge in [0.25, 0.3) is 5.91 Å². The molecule has 1 unspecified atom stereocenters. The quantitative estimate of drug-likeness (QED) is 0.840. The molecule has 1 amide bonds. The summed E-state index contributed by atoms with van der Waals surface area (Å²) in [6.45, 7) is 2.54. The third kappa shape index (κ3) is 3.63. The van der Waals surface area contributed by atoms with Crippen molar-refractivity contribution in [1.82, 2.24) is 5.32 Å². The first-order valence-electron chi connectivity index (χ1n) is 4.74. The smallest absolute Gasteiger partial charge is 0.254 e. The lowest BCUT2D eigenvalue weighted by atomic mass is 10.2. The molecule has 4 heteroatoms. The maximum Gasteiger partial charge on any atom is 0.254 e.